The number of amides is 5. The molecule has 0 spiro atoms. The number of urea groups is 1. The molecule has 276 valence electrons. The Morgan fingerprint density at radius 2 is 1.52 bits per heavy atom. The van der Waals surface area contributed by atoms with E-state index in [9.17, 15) is 28.8 Å². The highest BCUT2D eigenvalue weighted by Gasteiger charge is 2.47. The van der Waals surface area contributed by atoms with Crippen LogP contribution in [0.3, 0.4) is 0 Å². The van der Waals surface area contributed by atoms with Crippen molar-refractivity contribution < 1.29 is 33.5 Å². The van der Waals surface area contributed by atoms with E-state index in [0.29, 0.717) is 12.8 Å². The third-order valence-electron chi connectivity index (χ3n) is 9.38. The Morgan fingerprint density at radius 1 is 0.920 bits per heavy atom. The molecule has 0 radical (unpaired) electrons. The summed E-state index contributed by atoms with van der Waals surface area (Å²) in [5.41, 5.74) is -0.699. The summed E-state index contributed by atoms with van der Waals surface area (Å²) in [6.07, 6.45) is 4.01. The molecule has 2 aliphatic rings. The van der Waals surface area contributed by atoms with Crippen molar-refractivity contribution in [2.75, 3.05) is 13.1 Å². The number of nitrogens with zero attached hydrogens (tertiary/aromatic N) is 1. The second-order valence-corrected chi connectivity index (χ2v) is 16.2. The van der Waals surface area contributed by atoms with Crippen LogP contribution in [0.15, 0.2) is 43.0 Å². The van der Waals surface area contributed by atoms with Crippen molar-refractivity contribution in [3.8, 4) is 0 Å². The number of hydrogen-bond donors (Lipinski definition) is 4. The first-order chi connectivity index (χ1) is 23.3. The Balaban J connectivity index is 1.80. The lowest BCUT2D eigenvalue weighted by Gasteiger charge is -2.36. The van der Waals surface area contributed by atoms with E-state index >= 15 is 0 Å². The van der Waals surface area contributed by atoms with Crippen LogP contribution in [0, 0.1) is 28.6 Å². The first kappa shape index (κ1) is 40.2. The zero-order valence-corrected chi connectivity index (χ0v) is 31.0. The molecule has 0 aromatic heterocycles. The minimum absolute atomic E-state index is 0.0118. The van der Waals surface area contributed by atoms with E-state index < -0.39 is 70.5 Å². The molecule has 5 atom stereocenters. The molecule has 1 aliphatic carbocycles. The summed E-state index contributed by atoms with van der Waals surface area (Å²) in [6.45, 7) is 18.9. The van der Waals surface area contributed by atoms with Gasteiger partial charge in [0.05, 0.1) is 6.04 Å². The number of ketones is 1. The summed E-state index contributed by atoms with van der Waals surface area (Å²) in [5, 5.41) is 10.8. The molecule has 2 fully saturated rings. The van der Waals surface area contributed by atoms with E-state index in [4.69, 9.17) is 4.74 Å². The fraction of sp³-hybridized carbons (Fsp3) is 0.632. The summed E-state index contributed by atoms with van der Waals surface area (Å²) >= 11 is 0. The molecule has 0 bridgehead atoms. The zero-order valence-electron chi connectivity index (χ0n) is 31.0. The highest BCUT2D eigenvalue weighted by molar-refractivity contribution is 6.38. The number of nitrogens with one attached hydrogen (secondary N) is 4. The molecule has 4 N–H and O–H groups in total. The van der Waals surface area contributed by atoms with Gasteiger partial charge in [-0.3, -0.25) is 19.2 Å². The fourth-order valence-corrected chi connectivity index (χ4v) is 6.00. The van der Waals surface area contributed by atoms with E-state index in [1.54, 1.807) is 20.8 Å². The first-order valence-electron chi connectivity index (χ1n) is 17.6. The standard InChI is InChI=1S/C38H57N5O7/c1-10-18-39-33(46)29(44)27(19-24-16-17-24)40-32(45)28-20-26(23(2)3)21-43(28)34(47)30(37(4,5)6)41-36(49)42-31(38(7,8)9)35(48)50-22-25-14-12-11-13-15-25/h10-15,23-24,26-28,30-31H,1,16-22H2,2-9H3,(H,39,46)(H,40,45)(H2,41,42,49)/t26-,27?,28+,30-,31-/m1/s1. The zero-order chi connectivity index (χ0) is 37.4. The van der Waals surface area contributed by atoms with Gasteiger partial charge in [-0.15, -0.1) is 6.58 Å². The first-order valence-corrected chi connectivity index (χ1v) is 17.6. The number of ether oxygens (including phenoxy) is 1. The predicted octanol–water partition coefficient (Wildman–Crippen LogP) is 3.89. The molecule has 1 unspecified atom stereocenters. The van der Waals surface area contributed by atoms with E-state index in [2.05, 4.69) is 27.8 Å². The minimum atomic E-state index is -1.07. The molecule has 1 saturated carbocycles. The van der Waals surface area contributed by atoms with Gasteiger partial charge in [0.15, 0.2) is 0 Å². The van der Waals surface area contributed by atoms with Gasteiger partial charge >= 0.3 is 12.0 Å². The highest BCUT2D eigenvalue weighted by atomic mass is 16.5. The van der Waals surface area contributed by atoms with Gasteiger partial charge in [0.2, 0.25) is 17.6 Å². The minimum Gasteiger partial charge on any atom is -0.459 e. The summed E-state index contributed by atoms with van der Waals surface area (Å²) in [6, 6.07) is 4.46. The van der Waals surface area contributed by atoms with Gasteiger partial charge in [0, 0.05) is 13.1 Å². The second kappa shape index (κ2) is 17.1. The molecule has 1 saturated heterocycles. The largest absolute Gasteiger partial charge is 0.459 e. The Labute approximate surface area is 296 Å². The van der Waals surface area contributed by atoms with E-state index in [1.807, 2.05) is 65.0 Å². The van der Waals surface area contributed by atoms with Gasteiger partial charge in [0.1, 0.15) is 24.7 Å². The van der Waals surface area contributed by atoms with Crippen molar-refractivity contribution >= 4 is 35.5 Å². The average molecular weight is 696 g/mol. The van der Waals surface area contributed by atoms with Crippen LogP contribution in [0.1, 0.15) is 86.6 Å². The topological polar surface area (TPSA) is 163 Å². The van der Waals surface area contributed by atoms with Crippen molar-refractivity contribution in [3.63, 3.8) is 0 Å². The molecule has 5 amide bonds. The Kier molecular flexibility index (Phi) is 13.8. The highest BCUT2D eigenvalue weighted by Crippen LogP contribution is 2.35. The van der Waals surface area contributed by atoms with Gasteiger partial charge in [-0.25, -0.2) is 9.59 Å². The summed E-state index contributed by atoms with van der Waals surface area (Å²) in [4.78, 5) is 82.2. The summed E-state index contributed by atoms with van der Waals surface area (Å²) in [5.74, 6) is -2.73. The maximum atomic E-state index is 14.4. The van der Waals surface area contributed by atoms with Crippen molar-refractivity contribution in [2.24, 2.45) is 28.6 Å². The number of rotatable bonds is 15. The Morgan fingerprint density at radius 3 is 2.06 bits per heavy atom. The van der Waals surface area contributed by atoms with Crippen LogP contribution < -0.4 is 21.3 Å². The molecular weight excluding hydrogens is 638 g/mol. The maximum Gasteiger partial charge on any atom is 0.329 e. The number of carbonyl (C=O) groups is 6. The molecule has 1 aromatic carbocycles. The number of carbonyl (C=O) groups excluding carboxylic acids is 6. The van der Waals surface area contributed by atoms with Crippen LogP contribution in [0.2, 0.25) is 0 Å². The van der Waals surface area contributed by atoms with E-state index in [0.717, 1.165) is 18.4 Å². The van der Waals surface area contributed by atoms with Gasteiger partial charge in [-0.1, -0.05) is 105 Å². The van der Waals surface area contributed by atoms with Crippen LogP contribution in [-0.4, -0.2) is 77.7 Å². The summed E-state index contributed by atoms with van der Waals surface area (Å²) < 4.78 is 5.55. The van der Waals surface area contributed by atoms with Crippen LogP contribution in [0.25, 0.3) is 0 Å². The van der Waals surface area contributed by atoms with Crippen LogP contribution in [0.5, 0.6) is 0 Å². The molecule has 1 heterocycles. The second-order valence-electron chi connectivity index (χ2n) is 16.2. The smallest absolute Gasteiger partial charge is 0.329 e. The molecule has 3 rings (SSSR count). The van der Waals surface area contributed by atoms with Gasteiger partial charge in [-0.2, -0.15) is 0 Å². The Bertz CT molecular complexity index is 1390. The van der Waals surface area contributed by atoms with E-state index in [1.165, 1.54) is 11.0 Å². The normalized spacial score (nSPS) is 19.5. The third kappa shape index (κ3) is 11.4. The number of benzene rings is 1. The third-order valence-corrected chi connectivity index (χ3v) is 9.38. The lowest BCUT2D eigenvalue weighted by molar-refractivity contribution is -0.150. The number of Topliss-reactive ketones (excluding diaryl/α,β-unsaturated/α-hetero) is 1. The van der Waals surface area contributed by atoms with Crippen molar-refractivity contribution in [1.82, 2.24) is 26.2 Å². The molecule has 12 nitrogen and oxygen atoms in total. The quantitative estimate of drug-likeness (QED) is 0.123. The van der Waals surface area contributed by atoms with Crippen LogP contribution in [-0.2, 0) is 35.3 Å². The van der Waals surface area contributed by atoms with E-state index in [-0.39, 0.29) is 37.5 Å². The Hall–Kier alpha value is -4.22. The summed E-state index contributed by atoms with van der Waals surface area (Å²) in [7, 11) is 0. The van der Waals surface area contributed by atoms with Gasteiger partial charge < -0.3 is 30.9 Å². The average Bonchev–Trinajstić information content (AvgIpc) is 3.75. The monoisotopic (exact) mass is 695 g/mol. The molecular formula is C38H57N5O7. The van der Waals surface area contributed by atoms with Crippen molar-refractivity contribution in [1.29, 1.82) is 0 Å². The van der Waals surface area contributed by atoms with Crippen molar-refractivity contribution in [2.45, 2.75) is 112 Å². The maximum absolute atomic E-state index is 14.4. The number of esters is 1. The number of hydrogen-bond acceptors (Lipinski definition) is 7. The van der Waals surface area contributed by atoms with Gasteiger partial charge in [-0.05, 0) is 47.0 Å². The molecule has 50 heavy (non-hydrogen) atoms. The number of likely N-dealkylation sites (tertiary alicyclic amines) is 1. The fourth-order valence-electron chi connectivity index (χ4n) is 6.00. The predicted molar refractivity (Wildman–Crippen MR) is 190 cm³/mol. The van der Waals surface area contributed by atoms with Crippen molar-refractivity contribution in [3.05, 3.63) is 48.6 Å². The lowest BCUT2D eigenvalue weighted by Crippen LogP contribution is -2.62. The van der Waals surface area contributed by atoms with Gasteiger partial charge in [0.25, 0.3) is 5.91 Å². The molecule has 12 heteroatoms. The SMILES string of the molecule is C=CCNC(=O)C(=O)C(CC1CC1)NC(=O)[C@@H]1C[C@@H](C(C)C)CN1C(=O)[C@@H](NC(=O)N[C@H](C(=O)OCc1ccccc1)C(C)(C)C)C(C)(C)C. The van der Waals surface area contributed by atoms with Crippen LogP contribution >= 0.6 is 0 Å². The molecule has 1 aromatic rings. The molecule has 1 aliphatic heterocycles. The lowest BCUT2D eigenvalue weighted by atomic mass is 9.85. The van der Waals surface area contributed by atoms with Crippen LogP contribution in [0.4, 0.5) is 4.79 Å².